The van der Waals surface area contributed by atoms with E-state index in [9.17, 15) is 19.2 Å². The Morgan fingerprint density at radius 2 is 1.76 bits per heavy atom. The predicted octanol–water partition coefficient (Wildman–Crippen LogP) is 3.50. The van der Waals surface area contributed by atoms with Crippen LogP contribution in [0.15, 0.2) is 18.2 Å². The quantitative estimate of drug-likeness (QED) is 0.508. The fourth-order valence-corrected chi connectivity index (χ4v) is 4.18. The van der Waals surface area contributed by atoms with Crippen LogP contribution in [-0.4, -0.2) is 62.6 Å². The Kier molecular flexibility index (Phi) is 9.61. The van der Waals surface area contributed by atoms with Crippen molar-refractivity contribution in [2.45, 2.75) is 34.1 Å². The maximum atomic E-state index is 12.4. The lowest BCUT2D eigenvalue weighted by Crippen LogP contribution is -2.22. The second-order valence-corrected chi connectivity index (χ2v) is 8.78. The molecule has 9 nitrogen and oxygen atoms in total. The number of esters is 2. The van der Waals surface area contributed by atoms with Crippen LogP contribution in [0, 0.1) is 20.8 Å². The molecule has 0 radical (unpaired) electrons. The minimum absolute atomic E-state index is 0.0334. The molecule has 34 heavy (non-hydrogen) atoms. The van der Waals surface area contributed by atoms with Crippen molar-refractivity contribution in [1.82, 2.24) is 4.90 Å². The molecule has 0 unspecified atom stereocenters. The molecule has 0 atom stereocenters. The summed E-state index contributed by atoms with van der Waals surface area (Å²) in [6, 6.07) is 5.78. The lowest BCUT2D eigenvalue weighted by Gasteiger charge is -2.10. The van der Waals surface area contributed by atoms with Gasteiger partial charge in [-0.3, -0.25) is 14.4 Å². The zero-order chi connectivity index (χ0) is 25.4. The Hall–Kier alpha value is -3.40. The standard InChI is InChI=1S/C24H30N2O7S/c1-7-31-24(30)20-16(4)21(23(29)26(5)6)34-22(20)25-18(27)13-33-19(28)10-11-32-17-12-14(2)8-9-15(17)3/h8-9,12H,7,10-11,13H2,1-6H3,(H,25,27). The number of ether oxygens (including phenoxy) is 3. The minimum Gasteiger partial charge on any atom is -0.493 e. The molecule has 0 spiro atoms. The Morgan fingerprint density at radius 3 is 2.41 bits per heavy atom. The molecule has 0 aliphatic rings. The molecule has 10 heteroatoms. The molecule has 2 rings (SSSR count). The molecule has 184 valence electrons. The Labute approximate surface area is 203 Å². The maximum Gasteiger partial charge on any atom is 0.341 e. The average molecular weight is 491 g/mol. The summed E-state index contributed by atoms with van der Waals surface area (Å²) in [5, 5.41) is 2.72. The Balaban J connectivity index is 1.97. The lowest BCUT2D eigenvalue weighted by atomic mass is 10.1. The summed E-state index contributed by atoms with van der Waals surface area (Å²) in [6.45, 7) is 6.83. The summed E-state index contributed by atoms with van der Waals surface area (Å²) >= 11 is 0.969. The number of benzene rings is 1. The van der Waals surface area contributed by atoms with Crippen LogP contribution in [0.1, 0.15) is 50.1 Å². The smallest absolute Gasteiger partial charge is 0.341 e. The first-order chi connectivity index (χ1) is 16.0. The molecular weight excluding hydrogens is 460 g/mol. The van der Waals surface area contributed by atoms with Crippen molar-refractivity contribution >= 4 is 40.1 Å². The van der Waals surface area contributed by atoms with Gasteiger partial charge in [-0.1, -0.05) is 12.1 Å². The third-order valence-corrected chi connectivity index (χ3v) is 5.95. The maximum absolute atomic E-state index is 12.4. The van der Waals surface area contributed by atoms with Gasteiger partial charge in [-0.2, -0.15) is 0 Å². The van der Waals surface area contributed by atoms with Gasteiger partial charge < -0.3 is 24.4 Å². The second kappa shape index (κ2) is 12.2. The van der Waals surface area contributed by atoms with E-state index in [1.807, 2.05) is 32.0 Å². The van der Waals surface area contributed by atoms with Crippen molar-refractivity contribution in [2.24, 2.45) is 0 Å². The van der Waals surface area contributed by atoms with Crippen molar-refractivity contribution in [3.05, 3.63) is 45.3 Å². The van der Waals surface area contributed by atoms with Crippen LogP contribution >= 0.6 is 11.3 Å². The first-order valence-electron chi connectivity index (χ1n) is 10.7. The molecule has 2 aromatic rings. The van der Waals surface area contributed by atoms with Crippen LogP contribution < -0.4 is 10.1 Å². The number of carbonyl (C=O) groups excluding carboxylic acids is 4. The molecule has 0 saturated heterocycles. The van der Waals surface area contributed by atoms with E-state index in [2.05, 4.69) is 5.32 Å². The molecule has 0 aliphatic heterocycles. The SMILES string of the molecule is CCOC(=O)c1c(NC(=O)COC(=O)CCOc2cc(C)ccc2C)sc(C(=O)N(C)C)c1C. The number of nitrogens with zero attached hydrogens (tertiary/aromatic N) is 1. The zero-order valence-electron chi connectivity index (χ0n) is 20.3. The monoisotopic (exact) mass is 490 g/mol. The molecule has 1 N–H and O–H groups in total. The van der Waals surface area contributed by atoms with Gasteiger partial charge in [0.2, 0.25) is 0 Å². The van der Waals surface area contributed by atoms with Crippen molar-refractivity contribution in [3.63, 3.8) is 0 Å². The van der Waals surface area contributed by atoms with Crippen LogP contribution in [0.4, 0.5) is 5.00 Å². The highest BCUT2D eigenvalue weighted by Gasteiger charge is 2.27. The van der Waals surface area contributed by atoms with Crippen molar-refractivity contribution < 1.29 is 33.4 Å². The molecule has 2 amide bonds. The topological polar surface area (TPSA) is 111 Å². The summed E-state index contributed by atoms with van der Waals surface area (Å²) in [6.07, 6.45) is -0.0334. The van der Waals surface area contributed by atoms with Gasteiger partial charge in [0.25, 0.3) is 11.8 Å². The van der Waals surface area contributed by atoms with E-state index in [0.717, 1.165) is 22.5 Å². The molecule has 0 aliphatic carbocycles. The number of aryl methyl sites for hydroxylation is 2. The van der Waals surface area contributed by atoms with Gasteiger partial charge in [-0.15, -0.1) is 11.3 Å². The summed E-state index contributed by atoms with van der Waals surface area (Å²) in [5.41, 5.74) is 2.52. The van der Waals surface area contributed by atoms with Crippen molar-refractivity contribution in [1.29, 1.82) is 0 Å². The number of carbonyl (C=O) groups is 4. The highest BCUT2D eigenvalue weighted by atomic mass is 32.1. The number of anilines is 1. The number of thiophene rings is 1. The number of nitrogens with one attached hydrogen (secondary N) is 1. The third kappa shape index (κ3) is 7.05. The van der Waals surface area contributed by atoms with Gasteiger partial charge in [0.05, 0.1) is 30.1 Å². The first kappa shape index (κ1) is 26.8. The van der Waals surface area contributed by atoms with E-state index in [1.54, 1.807) is 27.9 Å². The van der Waals surface area contributed by atoms with Crippen LogP contribution in [-0.2, 0) is 19.1 Å². The van der Waals surface area contributed by atoms with Gasteiger partial charge in [0.1, 0.15) is 10.8 Å². The molecule has 0 fully saturated rings. The first-order valence-corrected chi connectivity index (χ1v) is 11.5. The summed E-state index contributed by atoms with van der Waals surface area (Å²) in [5.74, 6) is -1.50. The van der Waals surface area contributed by atoms with Gasteiger partial charge in [0, 0.05) is 14.1 Å². The molecule has 1 aromatic heterocycles. The van der Waals surface area contributed by atoms with Crippen molar-refractivity contribution in [3.8, 4) is 5.75 Å². The Bertz CT molecular complexity index is 1080. The molecule has 0 bridgehead atoms. The largest absolute Gasteiger partial charge is 0.493 e. The van der Waals surface area contributed by atoms with Crippen LogP contribution in [0.3, 0.4) is 0 Å². The lowest BCUT2D eigenvalue weighted by molar-refractivity contribution is -0.147. The van der Waals surface area contributed by atoms with Crippen LogP contribution in [0.25, 0.3) is 0 Å². The molecular formula is C24H30N2O7S. The average Bonchev–Trinajstić information content (AvgIpc) is 3.09. The van der Waals surface area contributed by atoms with E-state index in [-0.39, 0.29) is 36.1 Å². The van der Waals surface area contributed by atoms with Gasteiger partial charge in [0.15, 0.2) is 6.61 Å². The normalized spacial score (nSPS) is 10.4. The number of amides is 2. The van der Waals surface area contributed by atoms with Gasteiger partial charge in [-0.25, -0.2) is 4.79 Å². The summed E-state index contributed by atoms with van der Waals surface area (Å²) < 4.78 is 15.7. The van der Waals surface area contributed by atoms with Gasteiger partial charge >= 0.3 is 11.9 Å². The van der Waals surface area contributed by atoms with Crippen LogP contribution in [0.2, 0.25) is 0 Å². The predicted molar refractivity (Wildman–Crippen MR) is 129 cm³/mol. The van der Waals surface area contributed by atoms with Gasteiger partial charge in [-0.05, 0) is 50.5 Å². The number of rotatable bonds is 10. The second-order valence-electron chi connectivity index (χ2n) is 7.76. The number of hydrogen-bond acceptors (Lipinski definition) is 8. The summed E-state index contributed by atoms with van der Waals surface area (Å²) in [7, 11) is 3.18. The fourth-order valence-electron chi connectivity index (χ4n) is 2.95. The molecule has 0 saturated carbocycles. The number of hydrogen-bond donors (Lipinski definition) is 1. The summed E-state index contributed by atoms with van der Waals surface area (Å²) in [4.78, 5) is 51.0. The third-order valence-electron chi connectivity index (χ3n) is 4.75. The van der Waals surface area contributed by atoms with E-state index >= 15 is 0 Å². The van der Waals surface area contributed by atoms with Crippen molar-refractivity contribution in [2.75, 3.05) is 39.2 Å². The molecule has 1 aromatic carbocycles. The minimum atomic E-state index is -0.648. The Morgan fingerprint density at radius 1 is 1.06 bits per heavy atom. The highest BCUT2D eigenvalue weighted by molar-refractivity contribution is 7.18. The highest BCUT2D eigenvalue weighted by Crippen LogP contribution is 2.34. The fraction of sp³-hybridized carbons (Fsp3) is 0.417. The van der Waals surface area contributed by atoms with E-state index in [1.165, 1.54) is 4.90 Å². The van der Waals surface area contributed by atoms with Crippen LogP contribution in [0.5, 0.6) is 5.75 Å². The molecule has 1 heterocycles. The zero-order valence-corrected chi connectivity index (χ0v) is 21.1. The van der Waals surface area contributed by atoms with E-state index < -0.39 is 24.5 Å². The van der Waals surface area contributed by atoms with E-state index in [4.69, 9.17) is 14.2 Å². The van der Waals surface area contributed by atoms with E-state index in [0.29, 0.717) is 16.2 Å².